The molecule has 1 nitrogen and oxygen atoms in total. The topological polar surface area (TPSA) is 20.2 Å². The second-order valence-electron chi connectivity index (χ2n) is 5.05. The lowest BCUT2D eigenvalue weighted by atomic mass is 9.86. The van der Waals surface area contributed by atoms with Crippen LogP contribution in [0, 0.1) is 34.6 Å². The van der Waals surface area contributed by atoms with Gasteiger partial charge in [0.05, 0.1) is 0 Å². The van der Waals surface area contributed by atoms with Crippen LogP contribution in [-0.4, -0.2) is 5.11 Å². The average Bonchev–Trinajstić information content (AvgIpc) is 2.36. The molecule has 0 aliphatic heterocycles. The minimum atomic E-state index is 0.314. The molecule has 0 bridgehead atoms. The molecule has 2 aromatic carbocycles. The molecule has 1 heteroatoms. The Morgan fingerprint density at radius 2 is 1.00 bits per heavy atom. The van der Waals surface area contributed by atoms with Crippen LogP contribution >= 0.6 is 0 Å². The van der Waals surface area contributed by atoms with Crippen molar-refractivity contribution in [3.8, 4) is 16.9 Å². The molecule has 0 unspecified atom stereocenters. The maximum absolute atomic E-state index is 9.40. The zero-order valence-electron chi connectivity index (χ0n) is 11.8. The second-order valence-corrected chi connectivity index (χ2v) is 5.05. The third kappa shape index (κ3) is 1.90. The summed E-state index contributed by atoms with van der Waals surface area (Å²) in [6.45, 7) is 10.9. The maximum atomic E-state index is 9.40. The zero-order valence-corrected chi connectivity index (χ0v) is 11.8. The number of hydrogen-bond donors (Lipinski definition) is 1. The van der Waals surface area contributed by atoms with Gasteiger partial charge in [-0.1, -0.05) is 12.1 Å². The molecular formula is C17H20O. The predicted molar refractivity (Wildman–Crippen MR) is 77.2 cm³/mol. The fourth-order valence-corrected chi connectivity index (χ4v) is 2.56. The van der Waals surface area contributed by atoms with Gasteiger partial charge in [0.25, 0.3) is 0 Å². The van der Waals surface area contributed by atoms with Gasteiger partial charge in [-0.15, -0.1) is 0 Å². The Morgan fingerprint density at radius 1 is 0.611 bits per heavy atom. The lowest BCUT2D eigenvalue weighted by Gasteiger charge is -2.19. The summed E-state index contributed by atoms with van der Waals surface area (Å²) in [5.41, 5.74) is 9.25. The molecule has 2 aromatic rings. The van der Waals surface area contributed by atoms with Crippen LogP contribution in [0.25, 0.3) is 11.1 Å². The first-order valence-electron chi connectivity index (χ1n) is 6.29. The summed E-state index contributed by atoms with van der Waals surface area (Å²) in [5, 5.41) is 9.40. The first kappa shape index (κ1) is 12.7. The van der Waals surface area contributed by atoms with Crippen molar-refractivity contribution in [2.75, 3.05) is 0 Å². The van der Waals surface area contributed by atoms with Gasteiger partial charge in [0.1, 0.15) is 5.75 Å². The summed E-state index contributed by atoms with van der Waals surface area (Å²) in [7, 11) is 0. The van der Waals surface area contributed by atoms with Crippen molar-refractivity contribution in [2.24, 2.45) is 0 Å². The van der Waals surface area contributed by atoms with E-state index >= 15 is 0 Å². The van der Waals surface area contributed by atoms with Crippen LogP contribution in [0.3, 0.4) is 0 Å². The van der Waals surface area contributed by atoms with Gasteiger partial charge in [-0.3, -0.25) is 0 Å². The molecule has 0 saturated heterocycles. The summed E-state index contributed by atoms with van der Waals surface area (Å²) in [6.07, 6.45) is 0. The molecule has 0 aliphatic carbocycles. The van der Waals surface area contributed by atoms with Gasteiger partial charge in [0.15, 0.2) is 0 Å². The number of benzene rings is 2. The first-order chi connectivity index (χ1) is 8.43. The highest BCUT2D eigenvalue weighted by atomic mass is 16.3. The highest BCUT2D eigenvalue weighted by Crippen LogP contribution is 2.34. The molecule has 0 aromatic heterocycles. The smallest absolute Gasteiger partial charge is 0.115 e. The molecule has 0 fully saturated rings. The quantitative estimate of drug-likeness (QED) is 0.772. The van der Waals surface area contributed by atoms with E-state index in [2.05, 4.69) is 34.6 Å². The third-order valence-electron chi connectivity index (χ3n) is 4.16. The van der Waals surface area contributed by atoms with E-state index < -0.39 is 0 Å². The monoisotopic (exact) mass is 240 g/mol. The van der Waals surface area contributed by atoms with Crippen LogP contribution < -0.4 is 0 Å². The van der Waals surface area contributed by atoms with Gasteiger partial charge in [0.2, 0.25) is 0 Å². The first-order valence-corrected chi connectivity index (χ1v) is 6.29. The molecule has 0 atom stereocenters. The van der Waals surface area contributed by atoms with E-state index in [0.717, 1.165) is 0 Å². The van der Waals surface area contributed by atoms with E-state index in [9.17, 15) is 5.11 Å². The maximum Gasteiger partial charge on any atom is 0.115 e. The zero-order chi connectivity index (χ0) is 13.4. The lowest BCUT2D eigenvalue weighted by molar-refractivity contribution is 0.475. The largest absolute Gasteiger partial charge is 0.508 e. The van der Waals surface area contributed by atoms with Crippen molar-refractivity contribution < 1.29 is 5.11 Å². The van der Waals surface area contributed by atoms with Crippen LogP contribution in [0.15, 0.2) is 24.3 Å². The highest BCUT2D eigenvalue weighted by Gasteiger charge is 2.13. The summed E-state index contributed by atoms with van der Waals surface area (Å²) >= 11 is 0. The molecule has 2 rings (SSSR count). The van der Waals surface area contributed by atoms with Gasteiger partial charge in [0, 0.05) is 0 Å². The van der Waals surface area contributed by atoms with Crippen molar-refractivity contribution in [1.29, 1.82) is 0 Å². The van der Waals surface area contributed by atoms with Crippen LogP contribution in [0.4, 0.5) is 0 Å². The molecule has 0 saturated carbocycles. The van der Waals surface area contributed by atoms with Crippen molar-refractivity contribution in [2.45, 2.75) is 34.6 Å². The van der Waals surface area contributed by atoms with E-state index in [1.165, 1.54) is 38.9 Å². The SMILES string of the molecule is Cc1c(C)c(C)c(-c2ccc(O)cc2)c(C)c1C. The Bertz CT molecular complexity index is 563. The molecule has 0 amide bonds. The standard InChI is InChI=1S/C17H20O/c1-10-11(2)13(4)17(14(5)12(10)3)15-6-8-16(18)9-7-15/h6-9,18H,1-5H3. The molecule has 0 spiro atoms. The Hall–Kier alpha value is -1.76. The van der Waals surface area contributed by atoms with Gasteiger partial charge < -0.3 is 5.11 Å². The van der Waals surface area contributed by atoms with Crippen molar-refractivity contribution >= 4 is 0 Å². The van der Waals surface area contributed by atoms with Crippen LogP contribution in [0.2, 0.25) is 0 Å². The molecule has 0 radical (unpaired) electrons. The number of phenols is 1. The molecule has 1 N–H and O–H groups in total. The second kappa shape index (κ2) is 4.49. The number of rotatable bonds is 1. The molecular weight excluding hydrogens is 220 g/mol. The minimum absolute atomic E-state index is 0.314. The van der Waals surface area contributed by atoms with Crippen molar-refractivity contribution in [3.63, 3.8) is 0 Å². The summed E-state index contributed by atoms with van der Waals surface area (Å²) < 4.78 is 0. The van der Waals surface area contributed by atoms with Gasteiger partial charge >= 0.3 is 0 Å². The summed E-state index contributed by atoms with van der Waals surface area (Å²) in [5.74, 6) is 0.314. The van der Waals surface area contributed by atoms with Crippen LogP contribution in [0.5, 0.6) is 5.75 Å². The van der Waals surface area contributed by atoms with Crippen molar-refractivity contribution in [1.82, 2.24) is 0 Å². The van der Waals surface area contributed by atoms with Crippen LogP contribution in [0.1, 0.15) is 27.8 Å². The number of aromatic hydroxyl groups is 1. The highest BCUT2D eigenvalue weighted by molar-refractivity contribution is 5.74. The average molecular weight is 240 g/mol. The Labute approximate surface area is 109 Å². The fourth-order valence-electron chi connectivity index (χ4n) is 2.56. The summed E-state index contributed by atoms with van der Waals surface area (Å²) in [4.78, 5) is 0. The van der Waals surface area contributed by atoms with E-state index in [1.54, 1.807) is 12.1 Å². The molecule has 0 aliphatic rings. The molecule has 0 heterocycles. The molecule has 94 valence electrons. The number of hydrogen-bond acceptors (Lipinski definition) is 1. The van der Waals surface area contributed by atoms with Gasteiger partial charge in [-0.25, -0.2) is 0 Å². The van der Waals surface area contributed by atoms with E-state index in [1.807, 2.05) is 12.1 Å². The third-order valence-corrected chi connectivity index (χ3v) is 4.16. The fraction of sp³-hybridized carbons (Fsp3) is 0.294. The van der Waals surface area contributed by atoms with E-state index in [-0.39, 0.29) is 0 Å². The lowest BCUT2D eigenvalue weighted by Crippen LogP contribution is -1.99. The molecule has 18 heavy (non-hydrogen) atoms. The Kier molecular flexibility index (Phi) is 3.16. The van der Waals surface area contributed by atoms with Crippen LogP contribution in [-0.2, 0) is 0 Å². The number of phenolic OH excluding ortho intramolecular Hbond substituents is 1. The van der Waals surface area contributed by atoms with Crippen molar-refractivity contribution in [3.05, 3.63) is 52.1 Å². The Morgan fingerprint density at radius 3 is 1.44 bits per heavy atom. The van der Waals surface area contributed by atoms with E-state index in [4.69, 9.17) is 0 Å². The van der Waals surface area contributed by atoms with Gasteiger partial charge in [-0.05, 0) is 85.7 Å². The van der Waals surface area contributed by atoms with Gasteiger partial charge in [-0.2, -0.15) is 0 Å². The predicted octanol–water partition coefficient (Wildman–Crippen LogP) is 4.60. The normalized spacial score (nSPS) is 10.7. The Balaban J connectivity index is 2.75. The minimum Gasteiger partial charge on any atom is -0.508 e. The van der Waals surface area contributed by atoms with E-state index in [0.29, 0.717) is 5.75 Å². The summed E-state index contributed by atoms with van der Waals surface area (Å²) in [6, 6.07) is 7.47.